The lowest BCUT2D eigenvalue weighted by molar-refractivity contribution is -0.141. The van der Waals surface area contributed by atoms with Crippen molar-refractivity contribution in [2.24, 2.45) is 0 Å². The smallest absolute Gasteiger partial charge is 0.433 e. The van der Waals surface area contributed by atoms with E-state index in [-0.39, 0.29) is 18.5 Å². The first-order chi connectivity index (χ1) is 11.5. The number of ether oxygens (including phenoxy) is 2. The molecule has 0 spiro atoms. The van der Waals surface area contributed by atoms with Gasteiger partial charge < -0.3 is 19.7 Å². The van der Waals surface area contributed by atoms with Gasteiger partial charge in [0.05, 0.1) is 6.04 Å². The zero-order valence-electron chi connectivity index (χ0n) is 14.4. The van der Waals surface area contributed by atoms with E-state index < -0.39 is 23.6 Å². The third kappa shape index (κ3) is 6.08. The molecule has 1 atom stereocenters. The van der Waals surface area contributed by atoms with Crippen molar-refractivity contribution >= 4 is 6.09 Å². The number of hydrogen-bond donors (Lipinski definition) is 1. The summed E-state index contributed by atoms with van der Waals surface area (Å²) in [4.78, 5) is 17.1. The summed E-state index contributed by atoms with van der Waals surface area (Å²) < 4.78 is 48.6. The lowest BCUT2D eigenvalue weighted by atomic mass is 10.2. The fraction of sp³-hybridized carbons (Fsp3) is 0.625. The summed E-state index contributed by atoms with van der Waals surface area (Å²) in [5, 5.41) is 3.16. The van der Waals surface area contributed by atoms with Crippen LogP contribution in [0.3, 0.4) is 0 Å². The monoisotopic (exact) mass is 361 g/mol. The van der Waals surface area contributed by atoms with Gasteiger partial charge in [-0.15, -0.1) is 0 Å². The Hall–Kier alpha value is -2.03. The molecule has 1 fully saturated rings. The van der Waals surface area contributed by atoms with Crippen molar-refractivity contribution in [1.82, 2.24) is 15.2 Å². The fourth-order valence-corrected chi connectivity index (χ4v) is 2.27. The van der Waals surface area contributed by atoms with Gasteiger partial charge in [-0.3, -0.25) is 0 Å². The zero-order chi connectivity index (χ0) is 18.7. The van der Waals surface area contributed by atoms with Crippen LogP contribution in [0.5, 0.6) is 5.88 Å². The highest BCUT2D eigenvalue weighted by Gasteiger charge is 2.33. The van der Waals surface area contributed by atoms with Gasteiger partial charge in [-0.2, -0.15) is 13.2 Å². The molecule has 2 rings (SSSR count). The number of halogens is 3. The number of carbonyl (C=O) groups excluding carboxylic acids is 1. The summed E-state index contributed by atoms with van der Waals surface area (Å²) in [6.07, 6.45) is -4.94. The summed E-state index contributed by atoms with van der Waals surface area (Å²) in [6, 6.07) is 3.27. The number of nitrogens with zero attached hydrogens (tertiary/aromatic N) is 2. The van der Waals surface area contributed by atoms with E-state index in [2.05, 4.69) is 10.3 Å². The molecular formula is C16H22F3N3O3. The van der Waals surface area contributed by atoms with Gasteiger partial charge in [0.2, 0.25) is 5.88 Å². The molecule has 1 aliphatic rings. The number of rotatable bonds is 3. The number of alkyl halides is 3. The molecule has 0 aromatic carbocycles. The molecule has 1 aromatic heterocycles. The van der Waals surface area contributed by atoms with Crippen LogP contribution in [0.25, 0.3) is 0 Å². The predicted octanol–water partition coefficient (Wildman–Crippen LogP) is 2.69. The Morgan fingerprint density at radius 3 is 2.72 bits per heavy atom. The minimum absolute atomic E-state index is 0.0909. The van der Waals surface area contributed by atoms with Crippen LogP contribution >= 0.6 is 0 Å². The topological polar surface area (TPSA) is 63.7 Å². The van der Waals surface area contributed by atoms with Crippen LogP contribution in [-0.2, 0) is 10.9 Å². The standard InChI is InChI=1S/C16H22F3N3O3/c1-15(2,3)25-14(23)22-8-7-20-11(9-22)10-24-13-6-4-5-12(21-13)16(17,18)19/h4-6,11,20H,7-10H2,1-3H3/t11-/m0/s1. The summed E-state index contributed by atoms with van der Waals surface area (Å²) in [7, 11) is 0. The molecule has 1 saturated heterocycles. The Morgan fingerprint density at radius 2 is 2.08 bits per heavy atom. The molecule has 0 unspecified atom stereocenters. The summed E-state index contributed by atoms with van der Waals surface area (Å²) in [5.74, 6) is -0.106. The average molecular weight is 361 g/mol. The van der Waals surface area contributed by atoms with Crippen LogP contribution in [0, 0.1) is 0 Å². The van der Waals surface area contributed by atoms with E-state index in [4.69, 9.17) is 9.47 Å². The second-order valence-corrected chi connectivity index (χ2v) is 6.75. The second-order valence-electron chi connectivity index (χ2n) is 6.75. The highest BCUT2D eigenvalue weighted by Crippen LogP contribution is 2.28. The van der Waals surface area contributed by atoms with Gasteiger partial charge in [0.15, 0.2) is 0 Å². The van der Waals surface area contributed by atoms with E-state index in [1.165, 1.54) is 12.1 Å². The minimum atomic E-state index is -4.52. The Balaban J connectivity index is 1.90. The van der Waals surface area contributed by atoms with E-state index in [1.54, 1.807) is 25.7 Å². The van der Waals surface area contributed by atoms with Gasteiger partial charge in [0.1, 0.15) is 17.9 Å². The number of aromatic nitrogens is 1. The molecule has 1 aromatic rings. The van der Waals surface area contributed by atoms with Crippen LogP contribution in [-0.4, -0.2) is 53.9 Å². The van der Waals surface area contributed by atoms with E-state index in [9.17, 15) is 18.0 Å². The van der Waals surface area contributed by atoms with Gasteiger partial charge in [0.25, 0.3) is 0 Å². The number of carbonyl (C=O) groups is 1. The van der Waals surface area contributed by atoms with Crippen molar-refractivity contribution in [3.63, 3.8) is 0 Å². The predicted molar refractivity (Wildman–Crippen MR) is 84.3 cm³/mol. The molecular weight excluding hydrogens is 339 g/mol. The van der Waals surface area contributed by atoms with Crippen molar-refractivity contribution in [3.8, 4) is 5.88 Å². The fourth-order valence-electron chi connectivity index (χ4n) is 2.27. The van der Waals surface area contributed by atoms with Crippen LogP contribution < -0.4 is 10.1 Å². The molecule has 2 heterocycles. The molecule has 140 valence electrons. The van der Waals surface area contributed by atoms with Crippen LogP contribution in [0.2, 0.25) is 0 Å². The van der Waals surface area contributed by atoms with Crippen molar-refractivity contribution in [2.75, 3.05) is 26.2 Å². The summed E-state index contributed by atoms with van der Waals surface area (Å²) >= 11 is 0. The Bertz CT molecular complexity index is 602. The quantitative estimate of drug-likeness (QED) is 0.897. The van der Waals surface area contributed by atoms with Crippen LogP contribution in [0.1, 0.15) is 26.5 Å². The average Bonchev–Trinajstić information content (AvgIpc) is 2.51. The van der Waals surface area contributed by atoms with E-state index >= 15 is 0 Å². The van der Waals surface area contributed by atoms with Crippen molar-refractivity contribution in [3.05, 3.63) is 23.9 Å². The van der Waals surface area contributed by atoms with Crippen molar-refractivity contribution < 1.29 is 27.4 Å². The zero-order valence-corrected chi connectivity index (χ0v) is 14.4. The molecule has 0 bridgehead atoms. The Kier molecular flexibility index (Phi) is 5.76. The SMILES string of the molecule is CC(C)(C)OC(=O)N1CCN[C@H](COc2cccc(C(F)(F)F)n2)C1. The lowest BCUT2D eigenvalue weighted by Gasteiger charge is -2.34. The van der Waals surface area contributed by atoms with E-state index in [0.717, 1.165) is 6.07 Å². The van der Waals surface area contributed by atoms with Gasteiger partial charge in [-0.1, -0.05) is 6.07 Å². The normalized spacial score (nSPS) is 18.8. The van der Waals surface area contributed by atoms with Crippen LogP contribution in [0.4, 0.5) is 18.0 Å². The third-order valence-electron chi connectivity index (χ3n) is 3.35. The Labute approximate surface area is 144 Å². The highest BCUT2D eigenvalue weighted by atomic mass is 19.4. The number of amides is 1. The Morgan fingerprint density at radius 1 is 1.36 bits per heavy atom. The number of piperazine rings is 1. The molecule has 1 aliphatic heterocycles. The van der Waals surface area contributed by atoms with Crippen LogP contribution in [0.15, 0.2) is 18.2 Å². The molecule has 1 amide bonds. The second kappa shape index (κ2) is 7.47. The van der Waals surface area contributed by atoms with Gasteiger partial charge >= 0.3 is 12.3 Å². The number of nitrogens with one attached hydrogen (secondary N) is 1. The van der Waals surface area contributed by atoms with Gasteiger partial charge in [-0.05, 0) is 26.8 Å². The van der Waals surface area contributed by atoms with Crippen molar-refractivity contribution in [1.29, 1.82) is 0 Å². The highest BCUT2D eigenvalue weighted by molar-refractivity contribution is 5.68. The molecule has 0 radical (unpaired) electrons. The lowest BCUT2D eigenvalue weighted by Crippen LogP contribution is -2.55. The molecule has 0 saturated carbocycles. The first-order valence-corrected chi connectivity index (χ1v) is 7.93. The molecule has 0 aliphatic carbocycles. The maximum absolute atomic E-state index is 12.6. The summed E-state index contributed by atoms with van der Waals surface area (Å²) in [6.45, 7) is 6.82. The molecule has 9 heteroatoms. The molecule has 25 heavy (non-hydrogen) atoms. The van der Waals surface area contributed by atoms with Gasteiger partial charge in [0, 0.05) is 25.7 Å². The third-order valence-corrected chi connectivity index (χ3v) is 3.35. The van der Waals surface area contributed by atoms with Crippen molar-refractivity contribution in [2.45, 2.75) is 38.6 Å². The largest absolute Gasteiger partial charge is 0.476 e. The minimum Gasteiger partial charge on any atom is -0.476 e. The molecule has 6 nitrogen and oxygen atoms in total. The maximum Gasteiger partial charge on any atom is 0.433 e. The number of hydrogen-bond acceptors (Lipinski definition) is 5. The van der Waals surface area contributed by atoms with E-state index in [0.29, 0.717) is 19.6 Å². The first-order valence-electron chi connectivity index (χ1n) is 7.93. The number of pyridine rings is 1. The first kappa shape index (κ1) is 19.3. The van der Waals surface area contributed by atoms with E-state index in [1.807, 2.05) is 0 Å². The summed E-state index contributed by atoms with van der Waals surface area (Å²) in [5.41, 5.74) is -1.59. The maximum atomic E-state index is 12.6. The molecule has 1 N–H and O–H groups in total. The van der Waals surface area contributed by atoms with Gasteiger partial charge in [-0.25, -0.2) is 9.78 Å².